The van der Waals surface area contributed by atoms with Crippen LogP contribution in [0.25, 0.3) is 0 Å². The Morgan fingerprint density at radius 3 is 3.16 bits per heavy atom. The summed E-state index contributed by atoms with van der Waals surface area (Å²) < 4.78 is 2.79. The smallest absolute Gasteiger partial charge is 0.0934 e. The predicted octanol–water partition coefficient (Wildman–Crippen LogP) is 3.61. The van der Waals surface area contributed by atoms with Gasteiger partial charge in [0.25, 0.3) is 0 Å². The molecule has 3 rings (SSSR count). The van der Waals surface area contributed by atoms with Crippen LogP contribution in [-0.4, -0.2) is 9.78 Å². The molecule has 0 fully saturated rings. The van der Waals surface area contributed by atoms with Crippen LogP contribution in [0.4, 0.5) is 0 Å². The van der Waals surface area contributed by atoms with E-state index < -0.39 is 0 Å². The third kappa shape index (κ3) is 2.71. The molecule has 1 aliphatic carbocycles. The number of hydrogen-bond acceptors (Lipinski definition) is 3. The number of nitrogens with zero attached hydrogens (tertiary/aromatic N) is 2. The molecule has 0 aromatic carbocycles. The monoisotopic (exact) mass is 295 g/mol. The quantitative estimate of drug-likeness (QED) is 0.937. The number of fused-ring (bicyclic) bond motifs is 1. The van der Waals surface area contributed by atoms with Gasteiger partial charge in [0.1, 0.15) is 0 Å². The summed E-state index contributed by atoms with van der Waals surface area (Å²) in [6, 6.07) is 2.57. The third-order valence-corrected chi connectivity index (χ3v) is 5.08. The Bertz CT molecular complexity index is 588. The fourth-order valence-electron chi connectivity index (χ4n) is 2.79. The molecule has 0 amide bonds. The zero-order valence-corrected chi connectivity index (χ0v) is 12.8. The van der Waals surface area contributed by atoms with Crippen molar-refractivity contribution in [3.05, 3.63) is 38.3 Å². The van der Waals surface area contributed by atoms with E-state index in [0.29, 0.717) is 6.04 Å². The van der Waals surface area contributed by atoms with Crippen LogP contribution >= 0.6 is 22.9 Å². The Hall–Kier alpha value is -0.840. The minimum Gasteiger partial charge on any atom is -0.306 e. The summed E-state index contributed by atoms with van der Waals surface area (Å²) >= 11 is 7.87. The van der Waals surface area contributed by atoms with Crippen molar-refractivity contribution in [1.29, 1.82) is 0 Å². The molecule has 3 nitrogen and oxygen atoms in total. The van der Waals surface area contributed by atoms with Gasteiger partial charge in [-0.25, -0.2) is 0 Å². The van der Waals surface area contributed by atoms with Crippen molar-refractivity contribution in [2.45, 2.75) is 38.8 Å². The van der Waals surface area contributed by atoms with Gasteiger partial charge in [0.05, 0.1) is 10.0 Å². The van der Waals surface area contributed by atoms with Crippen molar-refractivity contribution in [2.24, 2.45) is 7.05 Å². The number of thiophene rings is 1. The van der Waals surface area contributed by atoms with Gasteiger partial charge in [0.15, 0.2) is 0 Å². The molecule has 2 heterocycles. The van der Waals surface area contributed by atoms with E-state index in [1.807, 2.05) is 11.7 Å². The Labute approximate surface area is 122 Å². The van der Waals surface area contributed by atoms with Crippen LogP contribution in [-0.2, 0) is 20.0 Å². The summed E-state index contributed by atoms with van der Waals surface area (Å²) in [6.07, 6.45) is 5.70. The molecule has 1 atom stereocenters. The topological polar surface area (TPSA) is 29.9 Å². The van der Waals surface area contributed by atoms with Gasteiger partial charge >= 0.3 is 0 Å². The molecule has 2 aromatic heterocycles. The van der Waals surface area contributed by atoms with Crippen molar-refractivity contribution in [3.8, 4) is 0 Å². The lowest BCUT2D eigenvalue weighted by Crippen LogP contribution is -2.24. The Balaban J connectivity index is 1.73. The molecule has 5 heteroatoms. The summed E-state index contributed by atoms with van der Waals surface area (Å²) in [4.78, 5) is 1.46. The van der Waals surface area contributed by atoms with Crippen LogP contribution in [0.15, 0.2) is 12.3 Å². The standard InChI is InChI=1S/C14H18ClN3S/c1-9-10(8-18(2)17-9)7-16-12-4-3-5-13-11(12)6-14(15)19-13/h6,8,12,16H,3-5,7H2,1-2H3. The number of nitrogens with one attached hydrogen (secondary N) is 1. The highest BCUT2D eigenvalue weighted by molar-refractivity contribution is 7.16. The summed E-state index contributed by atoms with van der Waals surface area (Å²) in [5.74, 6) is 0. The van der Waals surface area contributed by atoms with Gasteiger partial charge in [-0.2, -0.15) is 5.10 Å². The van der Waals surface area contributed by atoms with Crippen molar-refractivity contribution < 1.29 is 0 Å². The van der Waals surface area contributed by atoms with Crippen LogP contribution in [0.5, 0.6) is 0 Å². The molecule has 0 bridgehead atoms. The van der Waals surface area contributed by atoms with Crippen LogP contribution in [0.1, 0.15) is 40.6 Å². The predicted molar refractivity (Wildman–Crippen MR) is 79.8 cm³/mol. The molecule has 0 saturated carbocycles. The molecular weight excluding hydrogens is 278 g/mol. The van der Waals surface area contributed by atoms with Gasteiger partial charge in [-0.05, 0) is 37.8 Å². The van der Waals surface area contributed by atoms with E-state index in [1.165, 1.54) is 35.3 Å². The maximum Gasteiger partial charge on any atom is 0.0934 e. The van der Waals surface area contributed by atoms with E-state index in [2.05, 4.69) is 29.6 Å². The number of rotatable bonds is 3. The van der Waals surface area contributed by atoms with Gasteiger partial charge in [-0.15, -0.1) is 11.3 Å². The average Bonchev–Trinajstić information content (AvgIpc) is 2.88. The number of aryl methyl sites for hydroxylation is 3. The molecule has 2 aromatic rings. The van der Waals surface area contributed by atoms with Crippen LogP contribution in [0.2, 0.25) is 4.34 Å². The largest absolute Gasteiger partial charge is 0.306 e. The molecular formula is C14H18ClN3S. The first-order valence-electron chi connectivity index (χ1n) is 6.64. The fourth-order valence-corrected chi connectivity index (χ4v) is 4.17. The number of hydrogen-bond donors (Lipinski definition) is 1. The van der Waals surface area contributed by atoms with Crippen LogP contribution in [0, 0.1) is 6.92 Å². The highest BCUT2D eigenvalue weighted by Crippen LogP contribution is 2.37. The second-order valence-electron chi connectivity index (χ2n) is 5.17. The molecule has 0 radical (unpaired) electrons. The van der Waals surface area contributed by atoms with E-state index in [9.17, 15) is 0 Å². The number of halogens is 1. The van der Waals surface area contributed by atoms with Crippen molar-refractivity contribution in [2.75, 3.05) is 0 Å². The van der Waals surface area contributed by atoms with Gasteiger partial charge in [-0.1, -0.05) is 11.6 Å². The first-order chi connectivity index (χ1) is 9.13. The second-order valence-corrected chi connectivity index (χ2v) is 6.94. The Morgan fingerprint density at radius 1 is 1.58 bits per heavy atom. The molecule has 0 spiro atoms. The van der Waals surface area contributed by atoms with Gasteiger partial charge in [0, 0.05) is 36.3 Å². The lowest BCUT2D eigenvalue weighted by Gasteiger charge is -2.23. The summed E-state index contributed by atoms with van der Waals surface area (Å²) in [6.45, 7) is 2.93. The lowest BCUT2D eigenvalue weighted by molar-refractivity contribution is 0.462. The third-order valence-electron chi connectivity index (χ3n) is 3.74. The highest BCUT2D eigenvalue weighted by atomic mass is 35.5. The first kappa shape index (κ1) is 13.2. The van der Waals surface area contributed by atoms with Crippen LogP contribution < -0.4 is 5.32 Å². The molecule has 0 saturated heterocycles. The molecule has 1 unspecified atom stereocenters. The van der Waals surface area contributed by atoms with E-state index >= 15 is 0 Å². The molecule has 19 heavy (non-hydrogen) atoms. The lowest BCUT2D eigenvalue weighted by atomic mass is 9.94. The normalized spacial score (nSPS) is 18.6. The molecule has 0 aliphatic heterocycles. The maximum absolute atomic E-state index is 6.14. The molecule has 1 aliphatic rings. The van der Waals surface area contributed by atoms with Gasteiger partial charge in [-0.3, -0.25) is 4.68 Å². The minimum absolute atomic E-state index is 0.437. The summed E-state index contributed by atoms with van der Waals surface area (Å²) in [7, 11) is 1.97. The fraction of sp³-hybridized carbons (Fsp3) is 0.500. The van der Waals surface area contributed by atoms with Crippen LogP contribution in [0.3, 0.4) is 0 Å². The van der Waals surface area contributed by atoms with Crippen molar-refractivity contribution in [1.82, 2.24) is 15.1 Å². The zero-order chi connectivity index (χ0) is 13.4. The van der Waals surface area contributed by atoms with Crippen molar-refractivity contribution >= 4 is 22.9 Å². The first-order valence-corrected chi connectivity index (χ1v) is 7.83. The van der Waals surface area contributed by atoms with Gasteiger partial charge in [0.2, 0.25) is 0 Å². The second kappa shape index (κ2) is 5.27. The summed E-state index contributed by atoms with van der Waals surface area (Å²) in [5, 5.41) is 8.04. The highest BCUT2D eigenvalue weighted by Gasteiger charge is 2.22. The average molecular weight is 296 g/mol. The molecule has 1 N–H and O–H groups in total. The van der Waals surface area contributed by atoms with E-state index in [4.69, 9.17) is 11.6 Å². The minimum atomic E-state index is 0.437. The maximum atomic E-state index is 6.14. The molecule has 102 valence electrons. The van der Waals surface area contributed by atoms with Gasteiger partial charge < -0.3 is 5.32 Å². The Kier molecular flexibility index (Phi) is 3.65. The SMILES string of the molecule is Cc1nn(C)cc1CNC1CCCc2sc(Cl)cc21. The van der Waals surface area contributed by atoms with E-state index in [-0.39, 0.29) is 0 Å². The zero-order valence-electron chi connectivity index (χ0n) is 11.2. The van der Waals surface area contributed by atoms with E-state index in [0.717, 1.165) is 16.6 Å². The number of aromatic nitrogens is 2. The van der Waals surface area contributed by atoms with E-state index in [1.54, 1.807) is 11.3 Å². The Morgan fingerprint density at radius 2 is 2.42 bits per heavy atom. The van der Waals surface area contributed by atoms with Crippen molar-refractivity contribution in [3.63, 3.8) is 0 Å². The summed E-state index contributed by atoms with van der Waals surface area (Å²) in [5.41, 5.74) is 3.79.